The first-order valence-corrected chi connectivity index (χ1v) is 7.35. The fourth-order valence-corrected chi connectivity index (χ4v) is 1.84. The summed E-state index contributed by atoms with van der Waals surface area (Å²) in [6, 6.07) is 7.28. The zero-order valence-corrected chi connectivity index (χ0v) is 14.2. The molecule has 4 N–H and O–H groups in total. The maximum atomic E-state index is 11.6. The number of nitrogens with two attached hydrogens (primary N) is 1. The monoisotopic (exact) mass is 330 g/mol. The lowest BCUT2D eigenvalue weighted by molar-refractivity contribution is -0.121. The van der Waals surface area contributed by atoms with Crippen molar-refractivity contribution in [2.24, 2.45) is 5.73 Å². The third-order valence-electron chi connectivity index (χ3n) is 2.93. The van der Waals surface area contributed by atoms with E-state index in [0.717, 1.165) is 5.56 Å². The van der Waals surface area contributed by atoms with Gasteiger partial charge >= 0.3 is 0 Å². The molecule has 0 radical (unpaired) electrons. The second kappa shape index (κ2) is 10.4. The number of carbonyl (C=O) groups excluding carboxylic acids is 1. The lowest BCUT2D eigenvalue weighted by atomic mass is 10.1. The van der Waals surface area contributed by atoms with Crippen LogP contribution in [0.5, 0.6) is 5.75 Å². The molecule has 0 aliphatic rings. The van der Waals surface area contributed by atoms with Gasteiger partial charge in [0.2, 0.25) is 5.91 Å². The average molecular weight is 331 g/mol. The molecule has 0 heterocycles. The molecule has 0 bridgehead atoms. The molecule has 6 heteroatoms. The topological polar surface area (TPSA) is 84.6 Å². The largest absolute Gasteiger partial charge is 0.491 e. The van der Waals surface area contributed by atoms with E-state index in [2.05, 4.69) is 5.32 Å². The van der Waals surface area contributed by atoms with E-state index < -0.39 is 6.10 Å². The first-order chi connectivity index (χ1) is 9.88. The summed E-state index contributed by atoms with van der Waals surface area (Å²) in [5.74, 6) is 0.616. The molecule has 1 amide bonds. The lowest BCUT2D eigenvalue weighted by Gasteiger charge is -2.15. The Labute approximate surface area is 138 Å². The minimum Gasteiger partial charge on any atom is -0.491 e. The van der Waals surface area contributed by atoms with E-state index >= 15 is 0 Å². The molecule has 5 nitrogen and oxygen atoms in total. The zero-order valence-electron chi connectivity index (χ0n) is 13.4. The number of halogens is 1. The van der Waals surface area contributed by atoms with Crippen molar-refractivity contribution in [2.45, 2.75) is 51.9 Å². The third-order valence-corrected chi connectivity index (χ3v) is 2.93. The SMILES string of the molecule is CC(N)CCC(=O)NCC(O)c1cccc(OC(C)C)c1.Cl. The van der Waals surface area contributed by atoms with Gasteiger partial charge in [0.1, 0.15) is 5.75 Å². The molecule has 1 rings (SSSR count). The van der Waals surface area contributed by atoms with Crippen LogP contribution < -0.4 is 15.8 Å². The van der Waals surface area contributed by atoms with E-state index in [1.165, 1.54) is 0 Å². The van der Waals surface area contributed by atoms with Gasteiger partial charge in [-0.1, -0.05) is 12.1 Å². The Morgan fingerprint density at radius 1 is 1.36 bits per heavy atom. The summed E-state index contributed by atoms with van der Waals surface area (Å²) < 4.78 is 5.58. The molecule has 0 aliphatic heterocycles. The van der Waals surface area contributed by atoms with Crippen molar-refractivity contribution >= 4 is 18.3 Å². The summed E-state index contributed by atoms with van der Waals surface area (Å²) in [5, 5.41) is 12.8. The highest BCUT2D eigenvalue weighted by atomic mass is 35.5. The average Bonchev–Trinajstić information content (AvgIpc) is 2.42. The van der Waals surface area contributed by atoms with Crippen LogP contribution in [-0.2, 0) is 4.79 Å². The van der Waals surface area contributed by atoms with Crippen molar-refractivity contribution in [3.63, 3.8) is 0 Å². The van der Waals surface area contributed by atoms with E-state index in [0.29, 0.717) is 18.6 Å². The number of rotatable bonds is 8. The van der Waals surface area contributed by atoms with Gasteiger partial charge in [0.05, 0.1) is 12.2 Å². The van der Waals surface area contributed by atoms with Crippen molar-refractivity contribution in [1.29, 1.82) is 0 Å². The molecule has 22 heavy (non-hydrogen) atoms. The van der Waals surface area contributed by atoms with Gasteiger partial charge < -0.3 is 20.9 Å². The quantitative estimate of drug-likeness (QED) is 0.682. The predicted molar refractivity (Wildman–Crippen MR) is 90.3 cm³/mol. The number of nitrogens with one attached hydrogen (secondary N) is 1. The molecule has 1 aromatic rings. The number of benzene rings is 1. The summed E-state index contributed by atoms with van der Waals surface area (Å²) in [6.45, 7) is 5.94. The standard InChI is InChI=1S/C16H26N2O3.ClH/c1-11(2)21-14-6-4-5-13(9-14)15(19)10-18-16(20)8-7-12(3)17;/h4-6,9,11-12,15,19H,7-8,10,17H2,1-3H3,(H,18,20);1H. The van der Waals surface area contributed by atoms with Crippen molar-refractivity contribution in [2.75, 3.05) is 6.54 Å². The summed E-state index contributed by atoms with van der Waals surface area (Å²) >= 11 is 0. The van der Waals surface area contributed by atoms with Crippen LogP contribution in [0.1, 0.15) is 45.3 Å². The Hall–Kier alpha value is -1.30. The van der Waals surface area contributed by atoms with Crippen LogP contribution in [0.25, 0.3) is 0 Å². The fourth-order valence-electron chi connectivity index (χ4n) is 1.84. The molecule has 0 spiro atoms. The van der Waals surface area contributed by atoms with Gasteiger partial charge in [-0.2, -0.15) is 0 Å². The molecular formula is C16H27ClN2O3. The molecule has 0 fully saturated rings. The highest BCUT2D eigenvalue weighted by Gasteiger charge is 2.11. The zero-order chi connectivity index (χ0) is 15.8. The second-order valence-corrected chi connectivity index (χ2v) is 5.57. The van der Waals surface area contributed by atoms with Crippen LogP contribution in [0.15, 0.2) is 24.3 Å². The highest BCUT2D eigenvalue weighted by Crippen LogP contribution is 2.19. The smallest absolute Gasteiger partial charge is 0.220 e. The van der Waals surface area contributed by atoms with Crippen molar-refractivity contribution in [3.05, 3.63) is 29.8 Å². The Bertz CT molecular complexity index is 453. The van der Waals surface area contributed by atoms with Gasteiger partial charge in [-0.25, -0.2) is 0 Å². The molecule has 126 valence electrons. The predicted octanol–water partition coefficient (Wildman–Crippen LogP) is 2.17. The van der Waals surface area contributed by atoms with Crippen LogP contribution in [0, 0.1) is 0 Å². The number of carbonyl (C=O) groups is 1. The molecule has 1 aromatic carbocycles. The third kappa shape index (κ3) is 8.22. The van der Waals surface area contributed by atoms with E-state index in [1.54, 1.807) is 6.07 Å². The van der Waals surface area contributed by atoms with Gasteiger partial charge in [-0.15, -0.1) is 12.4 Å². The van der Waals surface area contributed by atoms with E-state index in [1.807, 2.05) is 39.0 Å². The van der Waals surface area contributed by atoms with E-state index in [-0.39, 0.29) is 37.0 Å². The van der Waals surface area contributed by atoms with Crippen molar-refractivity contribution in [3.8, 4) is 5.75 Å². The first kappa shape index (κ1) is 20.7. The first-order valence-electron chi connectivity index (χ1n) is 7.35. The highest BCUT2D eigenvalue weighted by molar-refractivity contribution is 5.85. The molecule has 0 saturated carbocycles. The number of ether oxygens (including phenoxy) is 1. The number of amides is 1. The number of aliphatic hydroxyl groups is 1. The number of hydrogen-bond donors (Lipinski definition) is 3. The minimum absolute atomic E-state index is 0. The molecular weight excluding hydrogens is 304 g/mol. The van der Waals surface area contributed by atoms with E-state index in [9.17, 15) is 9.90 Å². The summed E-state index contributed by atoms with van der Waals surface area (Å²) in [4.78, 5) is 11.6. The Kier molecular flexibility index (Phi) is 9.81. The summed E-state index contributed by atoms with van der Waals surface area (Å²) in [7, 11) is 0. The van der Waals surface area contributed by atoms with Gasteiger partial charge in [0, 0.05) is 19.0 Å². The Morgan fingerprint density at radius 2 is 2.05 bits per heavy atom. The summed E-state index contributed by atoms with van der Waals surface area (Å²) in [5.41, 5.74) is 6.32. The molecule has 2 unspecified atom stereocenters. The van der Waals surface area contributed by atoms with Gasteiger partial charge in [-0.05, 0) is 44.9 Å². The second-order valence-electron chi connectivity index (χ2n) is 5.57. The lowest BCUT2D eigenvalue weighted by Crippen LogP contribution is -2.29. The van der Waals surface area contributed by atoms with Crippen LogP contribution in [0.4, 0.5) is 0 Å². The van der Waals surface area contributed by atoms with Crippen molar-refractivity contribution in [1.82, 2.24) is 5.32 Å². The van der Waals surface area contributed by atoms with Crippen molar-refractivity contribution < 1.29 is 14.6 Å². The fraction of sp³-hybridized carbons (Fsp3) is 0.562. The van der Waals surface area contributed by atoms with Gasteiger partial charge in [0.25, 0.3) is 0 Å². The number of aliphatic hydroxyl groups excluding tert-OH is 1. The maximum Gasteiger partial charge on any atom is 0.220 e. The van der Waals surface area contributed by atoms with Crippen LogP contribution in [0.2, 0.25) is 0 Å². The molecule has 0 aromatic heterocycles. The normalized spacial score (nSPS) is 13.2. The Balaban J connectivity index is 0.00000441. The maximum absolute atomic E-state index is 11.6. The van der Waals surface area contributed by atoms with E-state index in [4.69, 9.17) is 10.5 Å². The van der Waals surface area contributed by atoms with Crippen LogP contribution in [-0.4, -0.2) is 29.7 Å². The molecule has 0 saturated heterocycles. The minimum atomic E-state index is -0.750. The van der Waals surface area contributed by atoms with Crippen LogP contribution in [0.3, 0.4) is 0 Å². The van der Waals surface area contributed by atoms with Gasteiger partial charge in [0.15, 0.2) is 0 Å². The van der Waals surface area contributed by atoms with Gasteiger partial charge in [-0.3, -0.25) is 4.79 Å². The number of hydrogen-bond acceptors (Lipinski definition) is 4. The van der Waals surface area contributed by atoms with Crippen LogP contribution >= 0.6 is 12.4 Å². The molecule has 0 aliphatic carbocycles. The summed E-state index contributed by atoms with van der Waals surface area (Å²) in [6.07, 6.45) is 0.343. The Morgan fingerprint density at radius 3 is 2.64 bits per heavy atom. The molecule has 2 atom stereocenters.